The Morgan fingerprint density at radius 1 is 1.15 bits per heavy atom. The summed E-state index contributed by atoms with van der Waals surface area (Å²) in [5, 5.41) is 28.7. The molecule has 0 spiro atoms. The molecule has 1 aliphatic carbocycles. The SMILES string of the molecule is O=c1c(-c2ccc(O)cc2)coc2c1=C(O)CC(O)C=2. The van der Waals surface area contributed by atoms with Crippen LogP contribution in [-0.2, 0) is 0 Å². The molecule has 1 aliphatic rings. The zero-order valence-corrected chi connectivity index (χ0v) is 10.4. The molecule has 0 saturated carbocycles. The van der Waals surface area contributed by atoms with Crippen LogP contribution in [0.25, 0.3) is 23.0 Å². The number of rotatable bonds is 1. The van der Waals surface area contributed by atoms with Gasteiger partial charge in [0.05, 0.1) is 11.7 Å². The molecular formula is C15H12O5. The largest absolute Gasteiger partial charge is 0.511 e. The number of hydrogen-bond acceptors (Lipinski definition) is 5. The van der Waals surface area contributed by atoms with Crippen molar-refractivity contribution < 1.29 is 19.7 Å². The first-order valence-corrected chi connectivity index (χ1v) is 6.09. The molecule has 0 amide bonds. The van der Waals surface area contributed by atoms with Crippen LogP contribution in [0.15, 0.2) is 39.7 Å². The van der Waals surface area contributed by atoms with Gasteiger partial charge in [0.25, 0.3) is 0 Å². The van der Waals surface area contributed by atoms with Crippen molar-refractivity contribution in [2.75, 3.05) is 0 Å². The standard InChI is InChI=1S/C15H12O5/c16-9-3-1-8(2-4-9)11-7-20-13-6-10(17)5-12(18)14(13)15(11)19/h1-4,6-7,10,16-18H,5H2. The lowest BCUT2D eigenvalue weighted by atomic mass is 10.0. The molecule has 1 aromatic carbocycles. The fraction of sp³-hybridized carbons (Fsp3) is 0.133. The van der Waals surface area contributed by atoms with E-state index in [4.69, 9.17) is 4.42 Å². The summed E-state index contributed by atoms with van der Waals surface area (Å²) >= 11 is 0. The van der Waals surface area contributed by atoms with E-state index in [0.717, 1.165) is 0 Å². The molecule has 5 nitrogen and oxygen atoms in total. The van der Waals surface area contributed by atoms with E-state index in [2.05, 4.69) is 0 Å². The average Bonchev–Trinajstić information content (AvgIpc) is 2.39. The van der Waals surface area contributed by atoms with Gasteiger partial charge in [0.2, 0.25) is 5.43 Å². The lowest BCUT2D eigenvalue weighted by molar-refractivity contribution is 0.228. The maximum atomic E-state index is 12.4. The number of aliphatic hydroxyl groups is 2. The van der Waals surface area contributed by atoms with E-state index in [-0.39, 0.29) is 34.0 Å². The molecule has 3 N–H and O–H groups in total. The molecule has 20 heavy (non-hydrogen) atoms. The summed E-state index contributed by atoms with van der Waals surface area (Å²) in [4.78, 5) is 12.4. The first kappa shape index (κ1) is 12.5. The quantitative estimate of drug-likeness (QED) is 0.691. The Bertz CT molecular complexity index is 830. The third kappa shape index (κ3) is 1.98. The molecule has 0 fully saturated rings. The van der Waals surface area contributed by atoms with Gasteiger partial charge in [-0.1, -0.05) is 12.1 Å². The monoisotopic (exact) mass is 272 g/mol. The van der Waals surface area contributed by atoms with Gasteiger partial charge in [-0.05, 0) is 23.8 Å². The van der Waals surface area contributed by atoms with Crippen molar-refractivity contribution in [3.63, 3.8) is 0 Å². The Kier molecular flexibility index (Phi) is 2.84. The fourth-order valence-corrected chi connectivity index (χ4v) is 2.25. The van der Waals surface area contributed by atoms with Crippen LogP contribution < -0.4 is 16.1 Å². The smallest absolute Gasteiger partial charge is 0.203 e. The maximum absolute atomic E-state index is 12.4. The van der Waals surface area contributed by atoms with Gasteiger partial charge in [0.1, 0.15) is 28.4 Å². The van der Waals surface area contributed by atoms with E-state index in [0.29, 0.717) is 11.1 Å². The lowest BCUT2D eigenvalue weighted by Crippen LogP contribution is -2.44. The number of fused-ring (bicyclic) bond motifs is 1. The topological polar surface area (TPSA) is 90.9 Å². The summed E-state index contributed by atoms with van der Waals surface area (Å²) in [5.41, 5.74) is 0.685. The van der Waals surface area contributed by atoms with Crippen LogP contribution in [0.4, 0.5) is 0 Å². The highest BCUT2D eigenvalue weighted by Gasteiger charge is 2.16. The maximum Gasteiger partial charge on any atom is 0.203 e. The van der Waals surface area contributed by atoms with E-state index < -0.39 is 6.10 Å². The number of phenols is 1. The third-order valence-corrected chi connectivity index (χ3v) is 3.23. The summed E-state index contributed by atoms with van der Waals surface area (Å²) in [7, 11) is 0. The zero-order valence-electron chi connectivity index (χ0n) is 10.4. The van der Waals surface area contributed by atoms with Crippen molar-refractivity contribution in [2.24, 2.45) is 0 Å². The van der Waals surface area contributed by atoms with E-state index in [9.17, 15) is 20.1 Å². The van der Waals surface area contributed by atoms with Gasteiger partial charge in [-0.2, -0.15) is 0 Å². The molecule has 5 heteroatoms. The Morgan fingerprint density at radius 2 is 1.85 bits per heavy atom. The van der Waals surface area contributed by atoms with E-state index in [1.165, 1.54) is 24.5 Å². The molecule has 0 saturated heterocycles. The summed E-state index contributed by atoms with van der Waals surface area (Å²) < 4.78 is 5.33. The Balaban J connectivity index is 2.30. The Morgan fingerprint density at radius 3 is 2.55 bits per heavy atom. The van der Waals surface area contributed by atoms with Gasteiger partial charge < -0.3 is 19.7 Å². The number of aliphatic hydroxyl groups excluding tert-OH is 2. The number of aromatic hydroxyl groups is 1. The summed E-state index contributed by atoms with van der Waals surface area (Å²) in [6.45, 7) is 0. The molecule has 1 heterocycles. The van der Waals surface area contributed by atoms with Crippen molar-refractivity contribution >= 4 is 11.8 Å². The van der Waals surface area contributed by atoms with Crippen molar-refractivity contribution in [1.82, 2.24) is 0 Å². The van der Waals surface area contributed by atoms with Gasteiger partial charge in [-0.3, -0.25) is 4.79 Å². The molecule has 1 unspecified atom stereocenters. The molecule has 102 valence electrons. The minimum absolute atomic E-state index is 0.00318. The van der Waals surface area contributed by atoms with Gasteiger partial charge in [0, 0.05) is 6.42 Å². The summed E-state index contributed by atoms with van der Waals surface area (Å²) in [6, 6.07) is 6.11. The average molecular weight is 272 g/mol. The predicted octanol–water partition coefficient (Wildman–Crippen LogP) is 0.224. The van der Waals surface area contributed by atoms with E-state index in [1.807, 2.05) is 0 Å². The fourth-order valence-electron chi connectivity index (χ4n) is 2.25. The van der Waals surface area contributed by atoms with E-state index >= 15 is 0 Å². The highest BCUT2D eigenvalue weighted by Crippen LogP contribution is 2.18. The van der Waals surface area contributed by atoms with Gasteiger partial charge >= 0.3 is 0 Å². The first-order valence-electron chi connectivity index (χ1n) is 6.09. The molecule has 2 aromatic rings. The first-order chi connectivity index (χ1) is 9.56. The van der Waals surface area contributed by atoms with Crippen LogP contribution in [0.1, 0.15) is 6.42 Å². The zero-order chi connectivity index (χ0) is 14.3. The van der Waals surface area contributed by atoms with Crippen molar-refractivity contribution in [1.29, 1.82) is 0 Å². The highest BCUT2D eigenvalue weighted by atomic mass is 16.3. The minimum atomic E-state index is -0.856. The second-order valence-electron chi connectivity index (χ2n) is 4.65. The normalized spacial score (nSPS) is 17.4. The molecular weight excluding hydrogens is 260 g/mol. The summed E-state index contributed by atoms with van der Waals surface area (Å²) in [5.74, 6) is -0.0775. The molecule has 0 radical (unpaired) electrons. The number of phenolic OH excluding ortho intramolecular Hbond substituents is 1. The van der Waals surface area contributed by atoms with Crippen LogP contribution in [0.3, 0.4) is 0 Å². The second kappa shape index (κ2) is 4.54. The molecule has 3 rings (SSSR count). The van der Waals surface area contributed by atoms with Gasteiger partial charge in [-0.25, -0.2) is 0 Å². The van der Waals surface area contributed by atoms with Crippen LogP contribution in [0, 0.1) is 0 Å². The lowest BCUT2D eigenvalue weighted by Gasteiger charge is -2.10. The Hall–Kier alpha value is -2.53. The summed E-state index contributed by atoms with van der Waals surface area (Å²) in [6.07, 6.45) is 1.83. The molecule has 0 aliphatic heterocycles. The third-order valence-electron chi connectivity index (χ3n) is 3.23. The predicted molar refractivity (Wildman–Crippen MR) is 72.5 cm³/mol. The van der Waals surface area contributed by atoms with Crippen molar-refractivity contribution in [2.45, 2.75) is 12.5 Å². The Labute approximate surface area is 113 Å². The van der Waals surface area contributed by atoms with Crippen LogP contribution >= 0.6 is 0 Å². The highest BCUT2D eigenvalue weighted by molar-refractivity contribution is 5.63. The minimum Gasteiger partial charge on any atom is -0.511 e. The van der Waals surface area contributed by atoms with Gasteiger partial charge in [-0.15, -0.1) is 0 Å². The van der Waals surface area contributed by atoms with Crippen molar-refractivity contribution in [3.8, 4) is 16.9 Å². The number of benzene rings is 1. The van der Waals surface area contributed by atoms with E-state index in [1.54, 1.807) is 12.1 Å². The van der Waals surface area contributed by atoms with Crippen LogP contribution in [0.5, 0.6) is 5.75 Å². The number of hydrogen-bond donors (Lipinski definition) is 3. The van der Waals surface area contributed by atoms with Crippen LogP contribution in [-0.4, -0.2) is 21.4 Å². The van der Waals surface area contributed by atoms with Crippen LogP contribution in [0.2, 0.25) is 0 Å². The second-order valence-corrected chi connectivity index (χ2v) is 4.65. The molecule has 0 bridgehead atoms. The van der Waals surface area contributed by atoms with Gasteiger partial charge in [0.15, 0.2) is 0 Å². The van der Waals surface area contributed by atoms with Crippen molar-refractivity contribution in [3.05, 3.63) is 51.4 Å². The molecule has 1 aromatic heterocycles. The molecule has 1 atom stereocenters.